The molecule has 0 fully saturated rings. The van der Waals surface area contributed by atoms with E-state index in [0.29, 0.717) is 44.8 Å². The van der Waals surface area contributed by atoms with Crippen LogP contribution in [0.1, 0.15) is 20.7 Å². The second-order valence-corrected chi connectivity index (χ2v) is 5.69. The third-order valence-electron chi connectivity index (χ3n) is 4.28. The molecule has 7 heteroatoms. The first-order valence-electron chi connectivity index (χ1n) is 8.08. The molecule has 2 aromatic carbocycles. The van der Waals surface area contributed by atoms with Crippen molar-refractivity contribution in [2.45, 2.75) is 0 Å². The van der Waals surface area contributed by atoms with E-state index in [0.717, 1.165) is 0 Å². The standard InChI is InChI=1S/C20H19NO6/c1-24-15-8-6-11(10-16(15)25-2)18-17(20(23)27-4)13-9-12(19(22)26-3)5-7-14(13)21-18/h5-10,21H,1-4H3. The van der Waals surface area contributed by atoms with E-state index in [9.17, 15) is 9.59 Å². The van der Waals surface area contributed by atoms with Crippen LogP contribution in [0.5, 0.6) is 11.5 Å². The predicted molar refractivity (Wildman–Crippen MR) is 99.5 cm³/mol. The maximum absolute atomic E-state index is 12.5. The fourth-order valence-electron chi connectivity index (χ4n) is 2.96. The zero-order valence-electron chi connectivity index (χ0n) is 15.4. The molecule has 0 atom stereocenters. The fourth-order valence-corrected chi connectivity index (χ4v) is 2.96. The van der Waals surface area contributed by atoms with Crippen LogP contribution in [0.2, 0.25) is 0 Å². The molecule has 0 bridgehead atoms. The number of nitrogens with one attached hydrogen (secondary N) is 1. The van der Waals surface area contributed by atoms with Gasteiger partial charge in [-0.1, -0.05) is 0 Å². The number of H-pyrrole nitrogens is 1. The normalized spacial score (nSPS) is 10.5. The second-order valence-electron chi connectivity index (χ2n) is 5.69. The summed E-state index contributed by atoms with van der Waals surface area (Å²) < 4.78 is 20.3. The molecular formula is C20H19NO6. The molecule has 0 aliphatic carbocycles. The summed E-state index contributed by atoms with van der Waals surface area (Å²) in [7, 11) is 5.70. The Labute approximate surface area is 155 Å². The number of methoxy groups -OCH3 is 4. The number of hydrogen-bond acceptors (Lipinski definition) is 6. The predicted octanol–water partition coefficient (Wildman–Crippen LogP) is 3.43. The SMILES string of the molecule is COC(=O)c1ccc2[nH]c(-c3ccc(OC)c(OC)c3)c(C(=O)OC)c2c1. The Balaban J connectivity index is 2.26. The first kappa shape index (κ1) is 18.3. The molecular weight excluding hydrogens is 350 g/mol. The largest absolute Gasteiger partial charge is 0.493 e. The minimum Gasteiger partial charge on any atom is -0.493 e. The Bertz CT molecular complexity index is 1020. The summed E-state index contributed by atoms with van der Waals surface area (Å²) in [6.07, 6.45) is 0. The van der Waals surface area contributed by atoms with E-state index < -0.39 is 11.9 Å². The van der Waals surface area contributed by atoms with Crippen LogP contribution in [0, 0.1) is 0 Å². The lowest BCUT2D eigenvalue weighted by atomic mass is 10.0. The van der Waals surface area contributed by atoms with Crippen molar-refractivity contribution in [1.82, 2.24) is 4.98 Å². The highest BCUT2D eigenvalue weighted by atomic mass is 16.5. The Morgan fingerprint density at radius 1 is 0.815 bits per heavy atom. The number of benzene rings is 2. The smallest absolute Gasteiger partial charge is 0.340 e. The van der Waals surface area contributed by atoms with Gasteiger partial charge < -0.3 is 23.9 Å². The van der Waals surface area contributed by atoms with Crippen molar-refractivity contribution in [3.63, 3.8) is 0 Å². The zero-order valence-corrected chi connectivity index (χ0v) is 15.4. The molecule has 3 aromatic rings. The molecule has 3 rings (SSSR count). The molecule has 0 spiro atoms. The number of aromatic nitrogens is 1. The summed E-state index contributed by atoms with van der Waals surface area (Å²) in [5.41, 5.74) is 2.62. The number of carbonyl (C=O) groups is 2. The van der Waals surface area contributed by atoms with Crippen LogP contribution in [0.3, 0.4) is 0 Å². The molecule has 7 nitrogen and oxygen atoms in total. The molecule has 0 aliphatic rings. The monoisotopic (exact) mass is 369 g/mol. The lowest BCUT2D eigenvalue weighted by molar-refractivity contribution is 0.0591. The first-order chi connectivity index (χ1) is 13.0. The van der Waals surface area contributed by atoms with Gasteiger partial charge in [0.1, 0.15) is 0 Å². The molecule has 0 unspecified atom stereocenters. The van der Waals surface area contributed by atoms with Gasteiger partial charge in [0.25, 0.3) is 0 Å². The Morgan fingerprint density at radius 2 is 1.52 bits per heavy atom. The Hall–Kier alpha value is -3.48. The zero-order chi connectivity index (χ0) is 19.6. The van der Waals surface area contributed by atoms with E-state index in [-0.39, 0.29) is 0 Å². The average Bonchev–Trinajstić information content (AvgIpc) is 3.10. The molecule has 0 aliphatic heterocycles. The molecule has 27 heavy (non-hydrogen) atoms. The molecule has 0 saturated heterocycles. The lowest BCUT2D eigenvalue weighted by Gasteiger charge is -2.10. The van der Waals surface area contributed by atoms with Gasteiger partial charge in [-0.15, -0.1) is 0 Å². The summed E-state index contributed by atoms with van der Waals surface area (Å²) in [5, 5.41) is 0.564. The molecule has 1 aromatic heterocycles. The van der Waals surface area contributed by atoms with Gasteiger partial charge in [-0.25, -0.2) is 9.59 Å². The molecule has 1 N–H and O–H groups in total. The van der Waals surface area contributed by atoms with Gasteiger partial charge in [0.2, 0.25) is 0 Å². The van der Waals surface area contributed by atoms with Crippen LogP contribution in [-0.2, 0) is 9.47 Å². The highest BCUT2D eigenvalue weighted by Gasteiger charge is 2.22. The van der Waals surface area contributed by atoms with Crippen molar-refractivity contribution in [1.29, 1.82) is 0 Å². The van der Waals surface area contributed by atoms with Crippen molar-refractivity contribution < 1.29 is 28.5 Å². The van der Waals surface area contributed by atoms with Crippen LogP contribution >= 0.6 is 0 Å². The number of carbonyl (C=O) groups excluding carboxylic acids is 2. The maximum atomic E-state index is 12.5. The van der Waals surface area contributed by atoms with Crippen LogP contribution in [0.15, 0.2) is 36.4 Å². The van der Waals surface area contributed by atoms with Crippen molar-refractivity contribution >= 4 is 22.8 Å². The number of hydrogen-bond donors (Lipinski definition) is 1. The van der Waals surface area contributed by atoms with Gasteiger partial charge in [0, 0.05) is 16.5 Å². The summed E-state index contributed by atoms with van der Waals surface area (Å²) in [6, 6.07) is 10.3. The number of aromatic amines is 1. The van der Waals surface area contributed by atoms with Crippen LogP contribution < -0.4 is 9.47 Å². The van der Waals surface area contributed by atoms with Gasteiger partial charge in [-0.3, -0.25) is 0 Å². The van der Waals surface area contributed by atoms with E-state index in [1.54, 1.807) is 43.5 Å². The summed E-state index contributed by atoms with van der Waals surface area (Å²) in [4.78, 5) is 27.6. The highest BCUT2D eigenvalue weighted by molar-refractivity contribution is 6.11. The van der Waals surface area contributed by atoms with Gasteiger partial charge >= 0.3 is 11.9 Å². The Morgan fingerprint density at radius 3 is 2.15 bits per heavy atom. The first-order valence-corrected chi connectivity index (χ1v) is 8.08. The second kappa shape index (κ2) is 7.41. The van der Waals surface area contributed by atoms with Crippen molar-refractivity contribution in [2.75, 3.05) is 28.4 Å². The van der Waals surface area contributed by atoms with E-state index in [2.05, 4.69) is 4.98 Å². The molecule has 140 valence electrons. The maximum Gasteiger partial charge on any atom is 0.340 e. The van der Waals surface area contributed by atoms with Crippen LogP contribution in [0.25, 0.3) is 22.2 Å². The molecule has 0 saturated carbocycles. The number of fused-ring (bicyclic) bond motifs is 1. The Kier molecular flexibility index (Phi) is 5.03. The molecule has 0 amide bonds. The number of esters is 2. The van der Waals surface area contributed by atoms with Crippen LogP contribution in [0.4, 0.5) is 0 Å². The summed E-state index contributed by atoms with van der Waals surface area (Å²) >= 11 is 0. The van der Waals surface area contributed by atoms with E-state index in [1.165, 1.54) is 21.3 Å². The minimum atomic E-state index is -0.520. The third-order valence-corrected chi connectivity index (χ3v) is 4.28. The molecule has 0 radical (unpaired) electrons. The number of rotatable bonds is 5. The minimum absolute atomic E-state index is 0.325. The fraction of sp³-hybridized carbons (Fsp3) is 0.200. The van der Waals surface area contributed by atoms with Crippen LogP contribution in [-0.4, -0.2) is 45.4 Å². The van der Waals surface area contributed by atoms with Gasteiger partial charge in [0.05, 0.1) is 45.3 Å². The topological polar surface area (TPSA) is 86.9 Å². The lowest BCUT2D eigenvalue weighted by Crippen LogP contribution is -2.04. The van der Waals surface area contributed by atoms with Crippen molar-refractivity contribution in [3.05, 3.63) is 47.5 Å². The van der Waals surface area contributed by atoms with Gasteiger partial charge in [-0.2, -0.15) is 0 Å². The average molecular weight is 369 g/mol. The van der Waals surface area contributed by atoms with E-state index in [4.69, 9.17) is 18.9 Å². The van der Waals surface area contributed by atoms with Gasteiger partial charge in [0.15, 0.2) is 11.5 Å². The highest BCUT2D eigenvalue weighted by Crippen LogP contribution is 2.36. The number of ether oxygens (including phenoxy) is 4. The quantitative estimate of drug-likeness (QED) is 0.694. The van der Waals surface area contributed by atoms with Crippen molar-refractivity contribution in [3.8, 4) is 22.8 Å². The van der Waals surface area contributed by atoms with E-state index in [1.807, 2.05) is 0 Å². The van der Waals surface area contributed by atoms with Crippen molar-refractivity contribution in [2.24, 2.45) is 0 Å². The van der Waals surface area contributed by atoms with Gasteiger partial charge in [-0.05, 0) is 36.4 Å². The summed E-state index contributed by atoms with van der Waals surface area (Å²) in [6.45, 7) is 0. The third kappa shape index (κ3) is 3.19. The molecule has 1 heterocycles. The van der Waals surface area contributed by atoms with E-state index >= 15 is 0 Å². The summed E-state index contributed by atoms with van der Waals surface area (Å²) in [5.74, 6) is 0.0966.